The second-order valence-corrected chi connectivity index (χ2v) is 2.25. The molecule has 0 aromatic carbocycles. The van der Waals surface area contributed by atoms with Crippen LogP contribution in [0, 0.1) is 0 Å². The molecule has 0 aromatic heterocycles. The second-order valence-electron chi connectivity index (χ2n) is 1.45. The van der Waals surface area contributed by atoms with Gasteiger partial charge in [-0.3, -0.25) is 4.21 Å². The smallest absolute Gasteiger partial charge is 0.477 e. The number of hydrogen-bond acceptors (Lipinski definition) is 2. The molecule has 0 saturated heterocycles. The van der Waals surface area contributed by atoms with Crippen molar-refractivity contribution in [2.45, 2.75) is 12.6 Å². The van der Waals surface area contributed by atoms with Crippen molar-refractivity contribution in [1.29, 1.82) is 0 Å². The van der Waals surface area contributed by atoms with Crippen LogP contribution in [-0.4, -0.2) is 25.7 Å². The maximum atomic E-state index is 11.3. The molecule has 0 spiro atoms. The Labute approximate surface area is 83.5 Å². The van der Waals surface area contributed by atoms with Gasteiger partial charge in [0.1, 0.15) is 0 Å². The van der Waals surface area contributed by atoms with Crippen LogP contribution in [0.15, 0.2) is 0 Å². The van der Waals surface area contributed by atoms with Gasteiger partial charge in [-0.05, 0) is 4.31 Å². The van der Waals surface area contributed by atoms with E-state index in [1.54, 1.807) is 0 Å². The Hall–Kier alpha value is 0.286. The van der Waals surface area contributed by atoms with E-state index in [-0.39, 0.29) is 19.8 Å². The molecule has 0 saturated carbocycles. The van der Waals surface area contributed by atoms with Crippen molar-refractivity contribution in [3.05, 3.63) is 0 Å². The first-order chi connectivity index (χ1) is 5.07. The third kappa shape index (κ3) is 4.90. The number of alkyl halides is 6. The normalized spacial score (nSPS) is 15.4. The molecular formula is C2F6NO2OsS-. The molecule has 1 atom stereocenters. The maximum absolute atomic E-state index is 11.3. The zero-order valence-electron chi connectivity index (χ0n) is 5.29. The minimum Gasteiger partial charge on any atom is -0.759 e. The first kappa shape index (κ1) is 15.7. The second kappa shape index (κ2) is 4.68. The number of halogens is 6. The zero-order valence-corrected chi connectivity index (χ0v) is 8.65. The van der Waals surface area contributed by atoms with Crippen LogP contribution >= 0.6 is 0 Å². The van der Waals surface area contributed by atoms with Gasteiger partial charge in [0.15, 0.2) is 0 Å². The summed E-state index contributed by atoms with van der Waals surface area (Å²) < 4.78 is 84.1. The van der Waals surface area contributed by atoms with E-state index < -0.39 is 28.2 Å². The van der Waals surface area contributed by atoms with Crippen LogP contribution in [0.4, 0.5) is 26.3 Å². The molecule has 3 nitrogen and oxygen atoms in total. The summed E-state index contributed by atoms with van der Waals surface area (Å²) >= 11 is -4.41. The van der Waals surface area contributed by atoms with Crippen LogP contribution < -0.4 is 0 Å². The summed E-state index contributed by atoms with van der Waals surface area (Å²) in [6.45, 7) is 0. The van der Waals surface area contributed by atoms with Crippen LogP contribution in [0.25, 0.3) is 0 Å². The number of hydrogen-bond donors (Lipinski definition) is 0. The zero-order chi connectivity index (χ0) is 10.2. The molecule has 13 heavy (non-hydrogen) atoms. The van der Waals surface area contributed by atoms with Crippen LogP contribution in [0.3, 0.4) is 0 Å². The monoisotopic (exact) mass is 408 g/mol. The fourth-order valence-corrected chi connectivity index (χ4v) is 0.651. The third-order valence-corrected chi connectivity index (χ3v) is 1.32. The summed E-state index contributed by atoms with van der Waals surface area (Å²) in [6.07, 6.45) is -12.0. The Morgan fingerprint density at radius 3 is 1.23 bits per heavy atom. The molecule has 0 bridgehead atoms. The minimum atomic E-state index is -5.98. The Bertz CT molecular complexity index is 176. The predicted molar refractivity (Wildman–Crippen MR) is 22.9 cm³/mol. The standard InChI is InChI=1S/C2HF6NO2S.Os/c3-1(4,5)9(12(10)11)2(6,7)8;/h(H,10,11);/p-1. The van der Waals surface area contributed by atoms with E-state index in [2.05, 4.69) is 0 Å². The van der Waals surface area contributed by atoms with E-state index in [1.165, 1.54) is 0 Å². The topological polar surface area (TPSA) is 43.4 Å². The molecule has 0 aliphatic rings. The van der Waals surface area contributed by atoms with E-state index in [1.807, 2.05) is 0 Å². The molecule has 11 heteroatoms. The third-order valence-electron chi connectivity index (χ3n) is 0.610. The van der Waals surface area contributed by atoms with Gasteiger partial charge in [-0.15, -0.1) is 0 Å². The molecule has 0 aliphatic heterocycles. The summed E-state index contributed by atoms with van der Waals surface area (Å²) in [5.74, 6) is 0. The van der Waals surface area contributed by atoms with Gasteiger partial charge < -0.3 is 4.55 Å². The van der Waals surface area contributed by atoms with Gasteiger partial charge in [-0.1, -0.05) is 0 Å². The minimum absolute atomic E-state index is 0. The van der Waals surface area contributed by atoms with Crippen molar-refractivity contribution in [2.24, 2.45) is 0 Å². The summed E-state index contributed by atoms with van der Waals surface area (Å²) in [7, 11) is 0. The van der Waals surface area contributed by atoms with E-state index in [4.69, 9.17) is 0 Å². The van der Waals surface area contributed by atoms with Crippen molar-refractivity contribution in [3.8, 4) is 0 Å². The first-order valence-electron chi connectivity index (χ1n) is 2.10. The van der Waals surface area contributed by atoms with Gasteiger partial charge in [-0.25, -0.2) is 0 Å². The molecule has 0 amide bonds. The number of nitrogens with zero attached hydrogens (tertiary/aromatic N) is 1. The summed E-state index contributed by atoms with van der Waals surface area (Å²) in [4.78, 5) is 0. The Balaban J connectivity index is 0. The quantitative estimate of drug-likeness (QED) is 0.372. The van der Waals surface area contributed by atoms with Gasteiger partial charge in [0, 0.05) is 31.1 Å². The Morgan fingerprint density at radius 2 is 1.23 bits per heavy atom. The van der Waals surface area contributed by atoms with Crippen LogP contribution in [0.2, 0.25) is 0 Å². The molecule has 0 rings (SSSR count). The van der Waals surface area contributed by atoms with E-state index in [0.717, 1.165) is 0 Å². The van der Waals surface area contributed by atoms with Crippen molar-refractivity contribution < 1.29 is 54.9 Å². The molecular weight excluding hydrogens is 406 g/mol. The van der Waals surface area contributed by atoms with Crippen LogP contribution in [-0.2, 0) is 31.1 Å². The summed E-state index contributed by atoms with van der Waals surface area (Å²) in [5, 5.41) is 0. The van der Waals surface area contributed by atoms with E-state index >= 15 is 0 Å². The van der Waals surface area contributed by atoms with Gasteiger partial charge >= 0.3 is 12.6 Å². The van der Waals surface area contributed by atoms with Gasteiger partial charge in [0.2, 0.25) is 0 Å². The molecule has 0 aromatic rings. The average Bonchev–Trinajstić information content (AvgIpc) is 1.49. The van der Waals surface area contributed by atoms with Gasteiger partial charge in [0.25, 0.3) is 0 Å². The molecule has 1 unspecified atom stereocenters. The fourth-order valence-electron chi connectivity index (χ4n) is 0.313. The van der Waals surface area contributed by atoms with Crippen molar-refractivity contribution in [1.82, 2.24) is 4.31 Å². The largest absolute Gasteiger partial charge is 0.759 e. The van der Waals surface area contributed by atoms with Crippen LogP contribution in [0.5, 0.6) is 0 Å². The molecule has 0 heterocycles. The Kier molecular flexibility index (Phi) is 5.67. The summed E-state index contributed by atoms with van der Waals surface area (Å²) in [6, 6.07) is 0. The van der Waals surface area contributed by atoms with Gasteiger partial charge in [-0.2, -0.15) is 26.3 Å². The molecule has 0 radical (unpaired) electrons. The number of rotatable bonds is 1. The van der Waals surface area contributed by atoms with Crippen molar-refractivity contribution in [2.75, 3.05) is 0 Å². The molecule has 0 fully saturated rings. The van der Waals surface area contributed by atoms with E-state index in [9.17, 15) is 35.1 Å². The molecule has 0 aliphatic carbocycles. The molecule has 0 N–H and O–H groups in total. The van der Waals surface area contributed by atoms with Gasteiger partial charge in [0.05, 0.1) is 0 Å². The SMILES string of the molecule is O=S([O-])N(C(F)(F)F)C(F)(F)F.[Os]. The first-order valence-corrected chi connectivity index (χ1v) is 3.13. The Morgan fingerprint density at radius 1 is 1.00 bits per heavy atom. The van der Waals surface area contributed by atoms with Crippen LogP contribution in [0.1, 0.15) is 0 Å². The van der Waals surface area contributed by atoms with Crippen molar-refractivity contribution >= 4 is 11.3 Å². The molecule has 82 valence electrons. The van der Waals surface area contributed by atoms with E-state index in [0.29, 0.717) is 0 Å². The average molecular weight is 406 g/mol. The maximum Gasteiger partial charge on any atom is 0.477 e. The fraction of sp³-hybridized carbons (Fsp3) is 1.00. The summed E-state index contributed by atoms with van der Waals surface area (Å²) in [5.41, 5.74) is 0. The predicted octanol–water partition coefficient (Wildman–Crippen LogP) is 1.12. The van der Waals surface area contributed by atoms with Crippen molar-refractivity contribution in [3.63, 3.8) is 0 Å².